The Bertz CT molecular complexity index is 450. The van der Waals surface area contributed by atoms with Crippen molar-refractivity contribution in [2.24, 2.45) is 0 Å². The highest BCUT2D eigenvalue weighted by molar-refractivity contribution is 5.76. The Morgan fingerprint density at radius 2 is 2.12 bits per heavy atom. The summed E-state index contributed by atoms with van der Waals surface area (Å²) in [6.07, 6.45) is 11.8. The van der Waals surface area contributed by atoms with Gasteiger partial charge in [-0.25, -0.2) is 0 Å². The van der Waals surface area contributed by atoms with Crippen LogP contribution < -0.4 is 4.74 Å². The normalized spacial score (nSPS) is 12.2. The molecule has 0 bridgehead atoms. The fourth-order valence-corrected chi connectivity index (χ4v) is 1.42. The lowest BCUT2D eigenvalue weighted by atomic mass is 10.0. The molecule has 0 radical (unpaired) electrons. The number of benzene rings is 1. The van der Waals surface area contributed by atoms with E-state index in [0.29, 0.717) is 0 Å². The first-order valence-electron chi connectivity index (χ1n) is 5.58. The molecule has 0 heterocycles. The molecule has 0 saturated heterocycles. The summed E-state index contributed by atoms with van der Waals surface area (Å²) in [4.78, 5) is 0. The minimum absolute atomic E-state index is 0.862. The molecule has 0 aliphatic carbocycles. The molecule has 0 aliphatic rings. The van der Waals surface area contributed by atoms with Crippen LogP contribution in [-0.2, 0) is 0 Å². The van der Waals surface area contributed by atoms with E-state index in [-0.39, 0.29) is 0 Å². The van der Waals surface area contributed by atoms with Gasteiger partial charge in [-0.15, -0.1) is 0 Å². The highest BCUT2D eigenvalue weighted by atomic mass is 16.5. The van der Waals surface area contributed by atoms with Gasteiger partial charge in [-0.3, -0.25) is 0 Å². The summed E-state index contributed by atoms with van der Waals surface area (Å²) in [6.45, 7) is 5.68. The molecule has 1 aromatic rings. The van der Waals surface area contributed by atoms with Crippen molar-refractivity contribution < 1.29 is 4.74 Å². The topological polar surface area (TPSA) is 9.23 Å². The molecule has 1 aromatic carbocycles. The Labute approximate surface area is 103 Å². The van der Waals surface area contributed by atoms with Crippen LogP contribution in [0.2, 0.25) is 0 Å². The zero-order valence-electron chi connectivity index (χ0n) is 10.4. The predicted molar refractivity (Wildman–Crippen MR) is 75.1 cm³/mol. The lowest BCUT2D eigenvalue weighted by Gasteiger charge is -2.05. The molecule has 88 valence electrons. The van der Waals surface area contributed by atoms with Crippen molar-refractivity contribution in [2.75, 3.05) is 7.11 Å². The molecule has 0 N–H and O–H groups in total. The van der Waals surface area contributed by atoms with Crippen molar-refractivity contribution in [1.82, 2.24) is 0 Å². The fraction of sp³-hybridized carbons (Fsp3) is 0.125. The largest absolute Gasteiger partial charge is 0.497 e. The van der Waals surface area contributed by atoms with Gasteiger partial charge in [-0.05, 0) is 30.2 Å². The molecule has 1 nitrogen and oxygen atoms in total. The first kappa shape index (κ1) is 13.0. The monoisotopic (exact) mass is 226 g/mol. The molecule has 1 heteroatoms. The Balaban J connectivity index is 3.11. The number of hydrogen-bond donors (Lipinski definition) is 0. The van der Waals surface area contributed by atoms with Gasteiger partial charge < -0.3 is 4.74 Å². The summed E-state index contributed by atoms with van der Waals surface area (Å²) in [5.74, 6) is 0.862. The maximum atomic E-state index is 5.22. The van der Waals surface area contributed by atoms with Gasteiger partial charge in [-0.1, -0.05) is 55.2 Å². The highest BCUT2D eigenvalue weighted by Crippen LogP contribution is 2.21. The summed E-state index contributed by atoms with van der Waals surface area (Å²) < 4.78 is 5.22. The highest BCUT2D eigenvalue weighted by Gasteiger charge is 1.98. The first-order chi connectivity index (χ1) is 8.31. The van der Waals surface area contributed by atoms with Crippen LogP contribution in [0.25, 0.3) is 5.57 Å². The first-order valence-corrected chi connectivity index (χ1v) is 5.58. The lowest BCUT2D eigenvalue weighted by Crippen LogP contribution is -1.85. The number of hydrogen-bond acceptors (Lipinski definition) is 1. The van der Waals surface area contributed by atoms with Crippen LogP contribution in [0.4, 0.5) is 0 Å². The van der Waals surface area contributed by atoms with Crippen LogP contribution in [0.5, 0.6) is 5.75 Å². The van der Waals surface area contributed by atoms with Crippen LogP contribution in [0.15, 0.2) is 67.3 Å². The number of allylic oxidation sites excluding steroid dienone is 7. The van der Waals surface area contributed by atoms with E-state index in [9.17, 15) is 0 Å². The third-order valence-corrected chi connectivity index (χ3v) is 2.28. The van der Waals surface area contributed by atoms with E-state index in [1.54, 1.807) is 13.2 Å². The summed E-state index contributed by atoms with van der Waals surface area (Å²) in [6, 6.07) is 8.00. The van der Waals surface area contributed by atoms with Gasteiger partial charge in [0, 0.05) is 0 Å². The smallest absolute Gasteiger partial charge is 0.119 e. The second-order valence-corrected chi connectivity index (χ2v) is 3.47. The van der Waals surface area contributed by atoms with Crippen LogP contribution >= 0.6 is 0 Å². The van der Waals surface area contributed by atoms with Crippen molar-refractivity contribution in [2.45, 2.75) is 6.92 Å². The van der Waals surface area contributed by atoms with Gasteiger partial charge in [0.15, 0.2) is 0 Å². The zero-order valence-corrected chi connectivity index (χ0v) is 10.4. The SMILES string of the molecule is C=CC=CC(=CC=CC)c1cccc(OC)c1. The maximum absolute atomic E-state index is 5.22. The quantitative estimate of drug-likeness (QED) is 0.676. The van der Waals surface area contributed by atoms with E-state index in [2.05, 4.69) is 18.7 Å². The van der Waals surface area contributed by atoms with E-state index in [0.717, 1.165) is 16.9 Å². The number of methoxy groups -OCH3 is 1. The summed E-state index contributed by atoms with van der Waals surface area (Å²) in [5.41, 5.74) is 2.25. The fourth-order valence-electron chi connectivity index (χ4n) is 1.42. The second kappa shape index (κ2) is 7.29. The van der Waals surface area contributed by atoms with Crippen LogP contribution in [0.3, 0.4) is 0 Å². The molecule has 0 atom stereocenters. The van der Waals surface area contributed by atoms with E-state index in [1.807, 2.05) is 49.4 Å². The maximum Gasteiger partial charge on any atom is 0.119 e. The van der Waals surface area contributed by atoms with E-state index >= 15 is 0 Å². The standard InChI is InChI=1S/C16H18O/c1-4-6-9-14(10-7-5-2)15-11-8-12-16(13-15)17-3/h4-13H,1H2,2-3H3. The minimum atomic E-state index is 0.862. The number of ether oxygens (including phenoxy) is 1. The molecule has 1 rings (SSSR count). The van der Waals surface area contributed by atoms with E-state index in [1.165, 1.54) is 0 Å². The lowest BCUT2D eigenvalue weighted by molar-refractivity contribution is 0.414. The molecule has 0 unspecified atom stereocenters. The molecular formula is C16H18O. The molecule has 0 spiro atoms. The van der Waals surface area contributed by atoms with Gasteiger partial charge in [0.25, 0.3) is 0 Å². The second-order valence-electron chi connectivity index (χ2n) is 3.47. The minimum Gasteiger partial charge on any atom is -0.497 e. The van der Waals surface area contributed by atoms with Gasteiger partial charge in [0.05, 0.1) is 7.11 Å². The van der Waals surface area contributed by atoms with E-state index < -0.39 is 0 Å². The molecular weight excluding hydrogens is 208 g/mol. The zero-order chi connectivity index (χ0) is 12.5. The third-order valence-electron chi connectivity index (χ3n) is 2.28. The molecule has 0 aliphatic heterocycles. The molecule has 0 aromatic heterocycles. The molecule has 17 heavy (non-hydrogen) atoms. The van der Waals surface area contributed by atoms with Crippen molar-refractivity contribution in [3.05, 3.63) is 72.9 Å². The summed E-state index contributed by atoms with van der Waals surface area (Å²) in [5, 5.41) is 0. The van der Waals surface area contributed by atoms with Crippen molar-refractivity contribution in [3.8, 4) is 5.75 Å². The predicted octanol–water partition coefficient (Wildman–Crippen LogP) is 4.40. The molecule has 0 fully saturated rings. The van der Waals surface area contributed by atoms with Crippen LogP contribution in [0, 0.1) is 0 Å². The molecule has 0 saturated carbocycles. The van der Waals surface area contributed by atoms with Crippen molar-refractivity contribution in [1.29, 1.82) is 0 Å². The van der Waals surface area contributed by atoms with Crippen LogP contribution in [0.1, 0.15) is 12.5 Å². The Morgan fingerprint density at radius 3 is 2.76 bits per heavy atom. The average Bonchev–Trinajstić information content (AvgIpc) is 2.39. The Kier molecular flexibility index (Phi) is 5.59. The Morgan fingerprint density at radius 1 is 1.29 bits per heavy atom. The van der Waals surface area contributed by atoms with Gasteiger partial charge in [0.1, 0.15) is 5.75 Å². The molecule has 0 amide bonds. The van der Waals surface area contributed by atoms with Crippen molar-refractivity contribution >= 4 is 5.57 Å². The van der Waals surface area contributed by atoms with Gasteiger partial charge >= 0.3 is 0 Å². The van der Waals surface area contributed by atoms with Gasteiger partial charge in [0.2, 0.25) is 0 Å². The van der Waals surface area contributed by atoms with Crippen LogP contribution in [-0.4, -0.2) is 7.11 Å². The van der Waals surface area contributed by atoms with Gasteiger partial charge in [-0.2, -0.15) is 0 Å². The van der Waals surface area contributed by atoms with Crippen molar-refractivity contribution in [3.63, 3.8) is 0 Å². The Hall–Kier alpha value is -2.02. The summed E-state index contributed by atoms with van der Waals surface area (Å²) in [7, 11) is 1.67. The third kappa shape index (κ3) is 4.15. The number of rotatable bonds is 5. The average molecular weight is 226 g/mol. The summed E-state index contributed by atoms with van der Waals surface area (Å²) >= 11 is 0. The van der Waals surface area contributed by atoms with E-state index in [4.69, 9.17) is 4.74 Å².